The van der Waals surface area contributed by atoms with Gasteiger partial charge in [-0.05, 0) is 13.3 Å². The number of rotatable bonds is 7. The Morgan fingerprint density at radius 2 is 1.46 bits per heavy atom. The highest BCUT2D eigenvalue weighted by Crippen LogP contribution is 2.53. The van der Waals surface area contributed by atoms with Crippen LogP contribution in [0.2, 0.25) is 0 Å². The van der Waals surface area contributed by atoms with Gasteiger partial charge in [-0.1, -0.05) is 13.3 Å². The molecule has 0 aromatic heterocycles. The molecule has 0 aromatic carbocycles. The van der Waals surface area contributed by atoms with E-state index in [1.54, 1.807) is 14.0 Å². The Morgan fingerprint density at radius 1 is 0.958 bits per heavy atom. The molecule has 0 aliphatic carbocycles. The van der Waals surface area contributed by atoms with Gasteiger partial charge < -0.3 is 4.74 Å². The number of amides is 4. The zero-order valence-corrected chi connectivity index (χ0v) is 15.2. The smallest absolute Gasteiger partial charge is 0.372 e. The molecule has 0 bridgehead atoms. The molecule has 2 saturated heterocycles. The summed E-state index contributed by atoms with van der Waals surface area (Å²) in [5.74, 6) is 0. The summed E-state index contributed by atoms with van der Waals surface area (Å²) in [7, 11) is 7.20. The van der Waals surface area contributed by atoms with Crippen molar-refractivity contribution < 1.29 is 28.8 Å². The topological polar surface area (TPSA) is 84.0 Å². The molecule has 4 amide bonds. The first-order valence-corrected chi connectivity index (χ1v) is 7.71. The Labute approximate surface area is 141 Å². The van der Waals surface area contributed by atoms with Crippen LogP contribution in [0.5, 0.6) is 0 Å². The Balaban J connectivity index is 2.78. The van der Waals surface area contributed by atoms with Crippen LogP contribution in [-0.2, 0) is 19.2 Å². The maximum atomic E-state index is 12.9. The second-order valence-corrected chi connectivity index (χ2v) is 5.82. The molecular formula is C14H26N4O6. The number of carbonyl (C=O) groups excluding carboxylic acids is 2. The third kappa shape index (κ3) is 1.85. The van der Waals surface area contributed by atoms with E-state index >= 15 is 0 Å². The van der Waals surface area contributed by atoms with Crippen LogP contribution in [-0.4, -0.2) is 85.1 Å². The number of likely N-dealkylation sites (N-methyl/N-ethyl adjacent to an activating group) is 1. The van der Waals surface area contributed by atoms with E-state index in [-0.39, 0.29) is 0 Å². The minimum Gasteiger partial charge on any atom is -0.377 e. The largest absolute Gasteiger partial charge is 0.377 e. The van der Waals surface area contributed by atoms with E-state index in [4.69, 9.17) is 19.2 Å². The van der Waals surface area contributed by atoms with Gasteiger partial charge in [0.2, 0.25) is 11.3 Å². The predicted molar refractivity (Wildman–Crippen MR) is 81.9 cm³/mol. The molecule has 0 spiro atoms. The van der Waals surface area contributed by atoms with E-state index in [1.807, 2.05) is 6.92 Å². The van der Waals surface area contributed by atoms with Gasteiger partial charge in [0.15, 0.2) is 0 Å². The minimum atomic E-state index is -1.33. The highest BCUT2D eigenvalue weighted by molar-refractivity contribution is 5.86. The average molecular weight is 346 g/mol. The Bertz CT molecular complexity index is 519. The van der Waals surface area contributed by atoms with Gasteiger partial charge in [0, 0.05) is 14.2 Å². The molecule has 138 valence electrons. The summed E-state index contributed by atoms with van der Waals surface area (Å²) < 4.78 is 5.70. The molecule has 10 heteroatoms. The molecule has 3 atom stereocenters. The third-order valence-corrected chi connectivity index (χ3v) is 4.95. The number of carbonyl (C=O) groups is 2. The summed E-state index contributed by atoms with van der Waals surface area (Å²) in [6, 6.07) is -0.989. The monoisotopic (exact) mass is 346 g/mol. The maximum absolute atomic E-state index is 12.9. The van der Waals surface area contributed by atoms with E-state index in [0.717, 1.165) is 21.6 Å². The molecular weight excluding hydrogens is 320 g/mol. The fourth-order valence-electron chi connectivity index (χ4n) is 4.04. The lowest BCUT2D eigenvalue weighted by Crippen LogP contribution is -2.71. The molecule has 0 N–H and O–H groups in total. The van der Waals surface area contributed by atoms with Gasteiger partial charge in [-0.3, -0.25) is 19.4 Å². The highest BCUT2D eigenvalue weighted by atomic mass is 16.8. The standard InChI is InChI=1S/C14H26N4O6/c1-8-9-10(21-4)14-13(2,16(22-5)11(19)15(14)3)17(23-6)12(20)18(14)24-7/h10H,8-9H2,1-7H3. The second-order valence-electron chi connectivity index (χ2n) is 5.82. The van der Waals surface area contributed by atoms with E-state index in [0.29, 0.717) is 6.42 Å². The van der Waals surface area contributed by atoms with Crippen LogP contribution >= 0.6 is 0 Å². The molecule has 2 fully saturated rings. The van der Waals surface area contributed by atoms with Crippen LogP contribution in [0.25, 0.3) is 0 Å². The lowest BCUT2D eigenvalue weighted by molar-refractivity contribution is -0.298. The summed E-state index contributed by atoms with van der Waals surface area (Å²) in [5, 5.41) is 3.30. The third-order valence-electron chi connectivity index (χ3n) is 4.95. The Morgan fingerprint density at radius 3 is 1.88 bits per heavy atom. The van der Waals surface area contributed by atoms with Gasteiger partial charge in [-0.25, -0.2) is 9.59 Å². The number of hydrogen-bond acceptors (Lipinski definition) is 6. The molecule has 0 radical (unpaired) electrons. The molecule has 2 heterocycles. The van der Waals surface area contributed by atoms with Crippen molar-refractivity contribution in [2.24, 2.45) is 0 Å². The van der Waals surface area contributed by atoms with Gasteiger partial charge in [-0.15, -0.1) is 0 Å². The van der Waals surface area contributed by atoms with Crippen molar-refractivity contribution in [3.63, 3.8) is 0 Å². The van der Waals surface area contributed by atoms with Gasteiger partial charge in [0.05, 0.1) is 21.3 Å². The number of urea groups is 2. The van der Waals surface area contributed by atoms with Gasteiger partial charge in [0.25, 0.3) is 0 Å². The van der Waals surface area contributed by atoms with E-state index in [2.05, 4.69) is 0 Å². The first-order chi connectivity index (χ1) is 11.3. The average Bonchev–Trinajstić information content (AvgIpc) is 2.85. The lowest BCUT2D eigenvalue weighted by Gasteiger charge is -2.47. The number of fused-ring (bicyclic) bond motifs is 1. The second kappa shape index (κ2) is 6.36. The van der Waals surface area contributed by atoms with Crippen molar-refractivity contribution in [3.8, 4) is 0 Å². The van der Waals surface area contributed by atoms with Crippen LogP contribution in [0.3, 0.4) is 0 Å². The Kier molecular flexibility index (Phi) is 4.96. The highest BCUT2D eigenvalue weighted by Gasteiger charge is 2.81. The van der Waals surface area contributed by atoms with E-state index in [1.165, 1.54) is 33.3 Å². The number of ether oxygens (including phenoxy) is 1. The first-order valence-electron chi connectivity index (χ1n) is 7.71. The van der Waals surface area contributed by atoms with Gasteiger partial charge in [-0.2, -0.15) is 15.2 Å². The number of hydrogen-bond donors (Lipinski definition) is 0. The molecule has 24 heavy (non-hydrogen) atoms. The van der Waals surface area contributed by atoms with Gasteiger partial charge in [0.1, 0.15) is 6.10 Å². The van der Waals surface area contributed by atoms with Gasteiger partial charge >= 0.3 is 12.1 Å². The van der Waals surface area contributed by atoms with Crippen molar-refractivity contribution in [2.45, 2.75) is 44.1 Å². The summed E-state index contributed by atoms with van der Waals surface area (Å²) >= 11 is 0. The number of methoxy groups -OCH3 is 1. The normalized spacial score (nSPS) is 31.3. The fraction of sp³-hybridized carbons (Fsp3) is 0.857. The van der Waals surface area contributed by atoms with Crippen molar-refractivity contribution in [2.75, 3.05) is 35.5 Å². The van der Waals surface area contributed by atoms with Crippen LogP contribution in [0.1, 0.15) is 26.7 Å². The van der Waals surface area contributed by atoms with Crippen LogP contribution < -0.4 is 0 Å². The molecule has 2 rings (SSSR count). The number of hydroxylamine groups is 6. The zero-order chi connectivity index (χ0) is 18.3. The van der Waals surface area contributed by atoms with Crippen LogP contribution in [0.15, 0.2) is 0 Å². The van der Waals surface area contributed by atoms with E-state index < -0.39 is 29.5 Å². The molecule has 0 saturated carbocycles. The maximum Gasteiger partial charge on any atom is 0.372 e. The summed E-state index contributed by atoms with van der Waals surface area (Å²) in [6.45, 7) is 3.67. The van der Waals surface area contributed by atoms with Crippen molar-refractivity contribution in [1.29, 1.82) is 0 Å². The van der Waals surface area contributed by atoms with Crippen LogP contribution in [0.4, 0.5) is 9.59 Å². The minimum absolute atomic E-state index is 0.435. The van der Waals surface area contributed by atoms with Crippen molar-refractivity contribution in [1.82, 2.24) is 20.1 Å². The predicted octanol–water partition coefficient (Wildman–Crippen LogP) is 1.00. The first kappa shape index (κ1) is 18.7. The molecule has 0 aromatic rings. The zero-order valence-electron chi connectivity index (χ0n) is 15.2. The molecule has 2 aliphatic rings. The fourth-order valence-corrected chi connectivity index (χ4v) is 4.04. The quantitative estimate of drug-likeness (QED) is 0.684. The summed E-state index contributed by atoms with van der Waals surface area (Å²) in [4.78, 5) is 43.1. The van der Waals surface area contributed by atoms with Crippen molar-refractivity contribution >= 4 is 12.1 Å². The molecule has 3 unspecified atom stereocenters. The van der Waals surface area contributed by atoms with E-state index in [9.17, 15) is 9.59 Å². The van der Waals surface area contributed by atoms with Crippen molar-refractivity contribution in [3.05, 3.63) is 0 Å². The SMILES string of the molecule is CCCC(OC)C12N(C)C(=O)N(OC)C1(C)N(OC)C(=O)N2OC. The number of nitrogens with zero attached hydrogens (tertiary/aromatic N) is 4. The summed E-state index contributed by atoms with van der Waals surface area (Å²) in [6.07, 6.45) is 0.835. The summed E-state index contributed by atoms with van der Waals surface area (Å²) in [5.41, 5.74) is -2.63. The Hall–Kier alpha value is -1.62. The molecule has 10 nitrogen and oxygen atoms in total. The lowest BCUT2D eigenvalue weighted by atomic mass is 9.87. The molecule has 2 aliphatic heterocycles. The van der Waals surface area contributed by atoms with Crippen LogP contribution in [0, 0.1) is 0 Å².